The number of carbonyl (C=O) groups excluding carboxylic acids is 1. The van der Waals surface area contributed by atoms with Gasteiger partial charge in [-0.1, -0.05) is 18.9 Å². The van der Waals surface area contributed by atoms with E-state index in [4.69, 9.17) is 0 Å². The lowest BCUT2D eigenvalue weighted by molar-refractivity contribution is -0.119. The Kier molecular flexibility index (Phi) is 3.95. The molecule has 108 valence electrons. The number of carbonyl (C=O) groups is 1. The lowest BCUT2D eigenvalue weighted by Crippen LogP contribution is -2.22. The van der Waals surface area contributed by atoms with Gasteiger partial charge in [0.15, 0.2) is 0 Å². The Bertz CT molecular complexity index is 486. The van der Waals surface area contributed by atoms with Crippen LogP contribution in [0.5, 0.6) is 0 Å². The van der Waals surface area contributed by atoms with E-state index in [1.54, 1.807) is 0 Å². The lowest BCUT2D eigenvalue weighted by Gasteiger charge is -2.22. The summed E-state index contributed by atoms with van der Waals surface area (Å²) in [5.41, 5.74) is 3.48. The first-order valence-electron chi connectivity index (χ1n) is 7.91. The highest BCUT2D eigenvalue weighted by molar-refractivity contribution is 5.94. The average molecular weight is 272 g/mol. The first kappa shape index (κ1) is 13.5. The SMILES string of the molecule is Cc1c(NC(=O)C2CCCC2)cccc1N1CCCC1. The van der Waals surface area contributed by atoms with Gasteiger partial charge in [0.25, 0.3) is 0 Å². The normalized spacial score (nSPS) is 19.6. The van der Waals surface area contributed by atoms with Gasteiger partial charge in [-0.3, -0.25) is 4.79 Å². The van der Waals surface area contributed by atoms with Crippen molar-refractivity contribution in [2.24, 2.45) is 5.92 Å². The maximum absolute atomic E-state index is 12.3. The predicted octanol–water partition coefficient (Wildman–Crippen LogP) is 3.72. The smallest absolute Gasteiger partial charge is 0.227 e. The molecule has 1 heterocycles. The molecular weight excluding hydrogens is 248 g/mol. The van der Waals surface area contributed by atoms with Crippen LogP contribution in [0.1, 0.15) is 44.1 Å². The molecule has 20 heavy (non-hydrogen) atoms. The number of anilines is 2. The van der Waals surface area contributed by atoms with Gasteiger partial charge in [-0.2, -0.15) is 0 Å². The van der Waals surface area contributed by atoms with E-state index in [0.29, 0.717) is 0 Å². The third kappa shape index (κ3) is 2.67. The quantitative estimate of drug-likeness (QED) is 0.909. The van der Waals surface area contributed by atoms with Crippen LogP contribution in [0.3, 0.4) is 0 Å². The third-order valence-electron chi connectivity index (χ3n) is 4.74. The van der Waals surface area contributed by atoms with Crippen molar-refractivity contribution in [3.8, 4) is 0 Å². The molecule has 3 heteroatoms. The van der Waals surface area contributed by atoms with Gasteiger partial charge in [-0.25, -0.2) is 0 Å². The minimum Gasteiger partial charge on any atom is -0.371 e. The van der Waals surface area contributed by atoms with Crippen molar-refractivity contribution in [2.75, 3.05) is 23.3 Å². The van der Waals surface area contributed by atoms with E-state index < -0.39 is 0 Å². The van der Waals surface area contributed by atoms with E-state index >= 15 is 0 Å². The van der Waals surface area contributed by atoms with E-state index in [1.165, 1.54) is 36.9 Å². The lowest BCUT2D eigenvalue weighted by atomic mass is 10.1. The van der Waals surface area contributed by atoms with Crippen LogP contribution < -0.4 is 10.2 Å². The molecule has 1 aromatic rings. The molecule has 3 nitrogen and oxygen atoms in total. The van der Waals surface area contributed by atoms with Crippen LogP contribution in [-0.2, 0) is 4.79 Å². The minimum atomic E-state index is 0.212. The molecule has 0 bridgehead atoms. The maximum Gasteiger partial charge on any atom is 0.227 e. The highest BCUT2D eigenvalue weighted by Crippen LogP contribution is 2.31. The van der Waals surface area contributed by atoms with Crippen LogP contribution in [0.15, 0.2) is 18.2 Å². The molecule has 0 spiro atoms. The monoisotopic (exact) mass is 272 g/mol. The van der Waals surface area contributed by atoms with Gasteiger partial charge < -0.3 is 10.2 Å². The zero-order valence-electron chi connectivity index (χ0n) is 12.3. The van der Waals surface area contributed by atoms with Gasteiger partial charge in [0.1, 0.15) is 0 Å². The summed E-state index contributed by atoms with van der Waals surface area (Å²) >= 11 is 0. The molecule has 1 aliphatic heterocycles. The van der Waals surface area contributed by atoms with Crippen LogP contribution in [-0.4, -0.2) is 19.0 Å². The number of nitrogens with one attached hydrogen (secondary N) is 1. The molecule has 0 radical (unpaired) electrons. The average Bonchev–Trinajstić information content (AvgIpc) is 3.14. The number of hydrogen-bond acceptors (Lipinski definition) is 2. The molecule has 2 fully saturated rings. The van der Waals surface area contributed by atoms with Crippen LogP contribution in [0, 0.1) is 12.8 Å². The Labute approximate surface area is 121 Å². The number of hydrogen-bond donors (Lipinski definition) is 1. The number of nitrogens with zero attached hydrogens (tertiary/aromatic N) is 1. The van der Waals surface area contributed by atoms with Crippen LogP contribution in [0.25, 0.3) is 0 Å². The summed E-state index contributed by atoms with van der Waals surface area (Å²) in [6.07, 6.45) is 7.05. The van der Waals surface area contributed by atoms with Crippen molar-refractivity contribution in [2.45, 2.75) is 45.4 Å². The second kappa shape index (κ2) is 5.86. The fourth-order valence-corrected chi connectivity index (χ4v) is 3.48. The Balaban J connectivity index is 1.75. The van der Waals surface area contributed by atoms with E-state index in [9.17, 15) is 4.79 Å². The van der Waals surface area contributed by atoms with Crippen LogP contribution >= 0.6 is 0 Å². The number of rotatable bonds is 3. The molecule has 1 N–H and O–H groups in total. The third-order valence-corrected chi connectivity index (χ3v) is 4.74. The van der Waals surface area contributed by atoms with Gasteiger partial charge in [-0.05, 0) is 50.3 Å². The highest BCUT2D eigenvalue weighted by atomic mass is 16.1. The number of amides is 1. The molecule has 1 saturated carbocycles. The molecule has 0 aromatic heterocycles. The minimum absolute atomic E-state index is 0.212. The molecule has 0 atom stereocenters. The molecule has 1 saturated heterocycles. The zero-order chi connectivity index (χ0) is 13.9. The summed E-state index contributed by atoms with van der Waals surface area (Å²) in [4.78, 5) is 14.7. The summed E-state index contributed by atoms with van der Waals surface area (Å²) < 4.78 is 0. The molecule has 1 amide bonds. The fourth-order valence-electron chi connectivity index (χ4n) is 3.48. The fraction of sp³-hybridized carbons (Fsp3) is 0.588. The first-order chi connectivity index (χ1) is 9.75. The largest absolute Gasteiger partial charge is 0.371 e. The molecule has 0 unspecified atom stereocenters. The summed E-state index contributed by atoms with van der Waals surface area (Å²) in [6.45, 7) is 4.40. The standard InChI is InChI=1S/C17H24N2O/c1-13-15(18-17(20)14-7-2-3-8-14)9-6-10-16(13)19-11-4-5-12-19/h6,9-10,14H,2-5,7-8,11-12H2,1H3,(H,18,20). The van der Waals surface area contributed by atoms with Crippen molar-refractivity contribution in [1.29, 1.82) is 0 Å². The molecule has 2 aliphatic rings. The van der Waals surface area contributed by atoms with Gasteiger partial charge >= 0.3 is 0 Å². The Morgan fingerprint density at radius 3 is 2.55 bits per heavy atom. The van der Waals surface area contributed by atoms with Gasteiger partial charge in [-0.15, -0.1) is 0 Å². The molecule has 3 rings (SSSR count). The van der Waals surface area contributed by atoms with E-state index in [-0.39, 0.29) is 11.8 Å². The maximum atomic E-state index is 12.3. The van der Waals surface area contributed by atoms with Crippen molar-refractivity contribution in [1.82, 2.24) is 0 Å². The van der Waals surface area contributed by atoms with Crippen molar-refractivity contribution in [3.05, 3.63) is 23.8 Å². The number of benzene rings is 1. The van der Waals surface area contributed by atoms with Crippen molar-refractivity contribution < 1.29 is 4.79 Å². The van der Waals surface area contributed by atoms with Gasteiger partial charge in [0, 0.05) is 30.4 Å². The van der Waals surface area contributed by atoms with Crippen LogP contribution in [0.2, 0.25) is 0 Å². The Morgan fingerprint density at radius 1 is 1.15 bits per heavy atom. The van der Waals surface area contributed by atoms with Crippen molar-refractivity contribution in [3.63, 3.8) is 0 Å². The van der Waals surface area contributed by atoms with Gasteiger partial charge in [0.2, 0.25) is 5.91 Å². The van der Waals surface area contributed by atoms with E-state index in [1.807, 2.05) is 6.07 Å². The highest BCUT2D eigenvalue weighted by Gasteiger charge is 2.23. The second-order valence-electron chi connectivity index (χ2n) is 6.11. The predicted molar refractivity (Wildman–Crippen MR) is 83.2 cm³/mol. The van der Waals surface area contributed by atoms with Crippen molar-refractivity contribution >= 4 is 17.3 Å². The van der Waals surface area contributed by atoms with Gasteiger partial charge in [0.05, 0.1) is 0 Å². The molecule has 1 aromatic carbocycles. The Morgan fingerprint density at radius 2 is 1.85 bits per heavy atom. The Hall–Kier alpha value is -1.51. The van der Waals surface area contributed by atoms with Crippen LogP contribution in [0.4, 0.5) is 11.4 Å². The molecule has 1 aliphatic carbocycles. The summed E-state index contributed by atoms with van der Waals surface area (Å²) in [5.74, 6) is 0.439. The second-order valence-corrected chi connectivity index (χ2v) is 6.11. The summed E-state index contributed by atoms with van der Waals surface area (Å²) in [5, 5.41) is 3.15. The summed E-state index contributed by atoms with van der Waals surface area (Å²) in [7, 11) is 0. The molecular formula is C17H24N2O. The topological polar surface area (TPSA) is 32.3 Å². The first-order valence-corrected chi connectivity index (χ1v) is 7.91. The summed E-state index contributed by atoms with van der Waals surface area (Å²) in [6, 6.07) is 6.26. The zero-order valence-corrected chi connectivity index (χ0v) is 12.3. The van der Waals surface area contributed by atoms with E-state index in [0.717, 1.165) is 31.6 Å². The van der Waals surface area contributed by atoms with E-state index in [2.05, 4.69) is 29.3 Å².